The summed E-state index contributed by atoms with van der Waals surface area (Å²) in [4.78, 5) is 30.2. The molecular weight excluding hydrogens is 376 g/mol. The lowest BCUT2D eigenvalue weighted by Crippen LogP contribution is -2.45. The second-order valence-electron chi connectivity index (χ2n) is 8.75. The standard InChI is InChI=1S/C23H32N6O/c1-17-3-11-29(12-4-17)23(30)16-28-9-5-19(6-10-28)21-14-20(13-18(2)26-21)27-22-15-24-7-8-25-22/h7-8,13-15,17,19H,3-6,9-12,16H2,1-2H3,(H,25,26,27). The molecule has 160 valence electrons. The van der Waals surface area contributed by atoms with Gasteiger partial charge >= 0.3 is 0 Å². The fourth-order valence-electron chi connectivity index (χ4n) is 4.42. The predicted molar refractivity (Wildman–Crippen MR) is 118 cm³/mol. The van der Waals surface area contributed by atoms with E-state index in [2.05, 4.69) is 38.1 Å². The monoisotopic (exact) mass is 408 g/mol. The minimum Gasteiger partial charge on any atom is -0.342 e. The molecule has 2 aromatic heterocycles. The quantitative estimate of drug-likeness (QED) is 0.818. The van der Waals surface area contributed by atoms with Gasteiger partial charge in [0.25, 0.3) is 0 Å². The predicted octanol–water partition coefficient (Wildman–Crippen LogP) is 3.36. The van der Waals surface area contributed by atoms with Crippen LogP contribution in [-0.2, 0) is 4.79 Å². The van der Waals surface area contributed by atoms with Crippen LogP contribution in [0.2, 0.25) is 0 Å². The van der Waals surface area contributed by atoms with Crippen molar-refractivity contribution < 1.29 is 4.79 Å². The number of aromatic nitrogens is 3. The van der Waals surface area contributed by atoms with Crippen molar-refractivity contribution in [3.05, 3.63) is 42.1 Å². The van der Waals surface area contributed by atoms with E-state index in [-0.39, 0.29) is 0 Å². The molecule has 0 spiro atoms. The number of aryl methyl sites for hydroxylation is 1. The van der Waals surface area contributed by atoms with Gasteiger partial charge in [-0.25, -0.2) is 4.98 Å². The van der Waals surface area contributed by atoms with Crippen molar-refractivity contribution in [2.24, 2.45) is 5.92 Å². The van der Waals surface area contributed by atoms with Crippen molar-refractivity contribution in [3.63, 3.8) is 0 Å². The van der Waals surface area contributed by atoms with E-state index >= 15 is 0 Å². The second-order valence-corrected chi connectivity index (χ2v) is 8.75. The van der Waals surface area contributed by atoms with Crippen LogP contribution in [0.15, 0.2) is 30.7 Å². The van der Waals surface area contributed by atoms with Crippen LogP contribution in [0.1, 0.15) is 49.9 Å². The molecule has 4 rings (SSSR count). The zero-order valence-electron chi connectivity index (χ0n) is 18.0. The summed E-state index contributed by atoms with van der Waals surface area (Å²) in [5.41, 5.74) is 3.11. The molecule has 0 aromatic carbocycles. The summed E-state index contributed by atoms with van der Waals surface area (Å²) in [6, 6.07) is 4.16. The van der Waals surface area contributed by atoms with E-state index in [9.17, 15) is 4.79 Å². The maximum Gasteiger partial charge on any atom is 0.236 e. The van der Waals surface area contributed by atoms with E-state index in [0.717, 1.165) is 80.7 Å². The van der Waals surface area contributed by atoms with Crippen LogP contribution >= 0.6 is 0 Å². The Balaban J connectivity index is 1.32. The van der Waals surface area contributed by atoms with Gasteiger partial charge in [0, 0.05) is 48.5 Å². The van der Waals surface area contributed by atoms with Gasteiger partial charge in [-0.15, -0.1) is 0 Å². The molecule has 0 aliphatic carbocycles. The number of nitrogens with one attached hydrogen (secondary N) is 1. The minimum absolute atomic E-state index is 0.296. The van der Waals surface area contributed by atoms with Crippen LogP contribution in [0, 0.1) is 12.8 Å². The van der Waals surface area contributed by atoms with E-state index in [4.69, 9.17) is 4.98 Å². The Morgan fingerprint density at radius 1 is 1.10 bits per heavy atom. The molecule has 7 heteroatoms. The Bertz CT molecular complexity index is 842. The van der Waals surface area contributed by atoms with Crippen LogP contribution in [0.25, 0.3) is 0 Å². The van der Waals surface area contributed by atoms with E-state index in [1.165, 1.54) is 0 Å². The van der Waals surface area contributed by atoms with Gasteiger partial charge in [0.2, 0.25) is 5.91 Å². The molecule has 2 aromatic rings. The lowest BCUT2D eigenvalue weighted by molar-refractivity contribution is -0.134. The van der Waals surface area contributed by atoms with Gasteiger partial charge in [-0.05, 0) is 63.7 Å². The van der Waals surface area contributed by atoms with Crippen molar-refractivity contribution in [1.82, 2.24) is 24.8 Å². The Hall–Kier alpha value is -2.54. The third kappa shape index (κ3) is 5.33. The minimum atomic E-state index is 0.296. The first kappa shape index (κ1) is 20.7. The first-order chi connectivity index (χ1) is 14.6. The highest BCUT2D eigenvalue weighted by Gasteiger charge is 2.26. The fourth-order valence-corrected chi connectivity index (χ4v) is 4.42. The lowest BCUT2D eigenvalue weighted by atomic mass is 9.92. The SMILES string of the molecule is Cc1cc(Nc2cnccn2)cc(C2CCN(CC(=O)N3CCC(C)CC3)CC2)n1. The normalized spacial score (nSPS) is 19.1. The Morgan fingerprint density at radius 2 is 1.87 bits per heavy atom. The molecule has 0 saturated carbocycles. The van der Waals surface area contributed by atoms with Crippen LogP contribution in [0.4, 0.5) is 11.5 Å². The summed E-state index contributed by atoms with van der Waals surface area (Å²) in [7, 11) is 0. The van der Waals surface area contributed by atoms with Gasteiger partial charge in [-0.3, -0.25) is 19.7 Å². The molecule has 30 heavy (non-hydrogen) atoms. The molecule has 2 fully saturated rings. The average Bonchev–Trinajstić information content (AvgIpc) is 2.75. The molecule has 0 bridgehead atoms. The fraction of sp³-hybridized carbons (Fsp3) is 0.565. The Labute approximate surface area is 178 Å². The van der Waals surface area contributed by atoms with Gasteiger partial charge in [-0.2, -0.15) is 0 Å². The summed E-state index contributed by atoms with van der Waals surface area (Å²) in [6.45, 7) is 8.60. The number of hydrogen-bond acceptors (Lipinski definition) is 6. The third-order valence-electron chi connectivity index (χ3n) is 6.31. The van der Waals surface area contributed by atoms with Crippen molar-refractivity contribution in [1.29, 1.82) is 0 Å². The number of likely N-dealkylation sites (tertiary alicyclic amines) is 2. The molecule has 2 aliphatic rings. The first-order valence-electron chi connectivity index (χ1n) is 11.1. The third-order valence-corrected chi connectivity index (χ3v) is 6.31. The van der Waals surface area contributed by atoms with Crippen molar-refractivity contribution in [2.75, 3.05) is 38.0 Å². The van der Waals surface area contributed by atoms with Gasteiger partial charge < -0.3 is 10.2 Å². The van der Waals surface area contributed by atoms with E-state index in [1.807, 2.05) is 13.0 Å². The van der Waals surface area contributed by atoms with Crippen LogP contribution in [-0.4, -0.2) is 63.4 Å². The van der Waals surface area contributed by atoms with Crippen LogP contribution < -0.4 is 5.32 Å². The topological polar surface area (TPSA) is 74.2 Å². The molecule has 2 aliphatic heterocycles. The van der Waals surface area contributed by atoms with Gasteiger partial charge in [-0.1, -0.05) is 6.92 Å². The molecule has 0 atom stereocenters. The molecule has 7 nitrogen and oxygen atoms in total. The highest BCUT2D eigenvalue weighted by atomic mass is 16.2. The number of nitrogens with zero attached hydrogens (tertiary/aromatic N) is 5. The Morgan fingerprint density at radius 3 is 2.57 bits per heavy atom. The highest BCUT2D eigenvalue weighted by Crippen LogP contribution is 2.29. The Kier molecular flexibility index (Phi) is 6.57. The smallest absolute Gasteiger partial charge is 0.236 e. The molecule has 1 N–H and O–H groups in total. The number of pyridine rings is 1. The molecule has 2 saturated heterocycles. The maximum atomic E-state index is 12.6. The summed E-state index contributed by atoms with van der Waals surface area (Å²) >= 11 is 0. The van der Waals surface area contributed by atoms with E-state index < -0.39 is 0 Å². The maximum absolute atomic E-state index is 12.6. The summed E-state index contributed by atoms with van der Waals surface area (Å²) < 4.78 is 0. The first-order valence-corrected chi connectivity index (χ1v) is 11.1. The zero-order chi connectivity index (χ0) is 20.9. The average molecular weight is 409 g/mol. The summed E-state index contributed by atoms with van der Waals surface area (Å²) in [5, 5.41) is 3.32. The van der Waals surface area contributed by atoms with E-state index in [1.54, 1.807) is 18.6 Å². The second kappa shape index (κ2) is 9.51. The molecule has 1 amide bonds. The van der Waals surface area contributed by atoms with Crippen LogP contribution in [0.5, 0.6) is 0 Å². The van der Waals surface area contributed by atoms with Gasteiger partial charge in [0.15, 0.2) is 0 Å². The van der Waals surface area contributed by atoms with Crippen molar-refractivity contribution in [3.8, 4) is 0 Å². The summed E-state index contributed by atoms with van der Waals surface area (Å²) in [6.07, 6.45) is 9.40. The van der Waals surface area contributed by atoms with Crippen molar-refractivity contribution in [2.45, 2.75) is 45.4 Å². The largest absolute Gasteiger partial charge is 0.342 e. The van der Waals surface area contributed by atoms with Crippen LogP contribution in [0.3, 0.4) is 0 Å². The molecule has 0 unspecified atom stereocenters. The number of amides is 1. The van der Waals surface area contributed by atoms with E-state index in [0.29, 0.717) is 18.4 Å². The number of piperidine rings is 2. The molecule has 0 radical (unpaired) electrons. The summed E-state index contributed by atoms with van der Waals surface area (Å²) in [5.74, 6) is 2.20. The highest BCUT2D eigenvalue weighted by molar-refractivity contribution is 5.78. The van der Waals surface area contributed by atoms with Crippen molar-refractivity contribution >= 4 is 17.4 Å². The number of hydrogen-bond donors (Lipinski definition) is 1. The molecule has 4 heterocycles. The number of carbonyl (C=O) groups excluding carboxylic acids is 1. The van der Waals surface area contributed by atoms with Gasteiger partial charge in [0.05, 0.1) is 12.7 Å². The lowest BCUT2D eigenvalue weighted by Gasteiger charge is -2.35. The molecular formula is C23H32N6O. The number of rotatable bonds is 5. The van der Waals surface area contributed by atoms with Gasteiger partial charge in [0.1, 0.15) is 5.82 Å². The number of anilines is 2. The zero-order valence-corrected chi connectivity index (χ0v) is 18.0. The number of carbonyl (C=O) groups is 1.